The number of hydrogen-bond acceptors (Lipinski definition) is 4. The van der Waals surface area contributed by atoms with Crippen molar-refractivity contribution in [2.24, 2.45) is 0 Å². The number of benzene rings is 1. The zero-order chi connectivity index (χ0) is 16.7. The molecule has 0 atom stereocenters. The summed E-state index contributed by atoms with van der Waals surface area (Å²) in [4.78, 5) is 26.1. The van der Waals surface area contributed by atoms with Gasteiger partial charge in [-0.05, 0) is 25.0 Å². The molecular formula is C17H22N2O4. The van der Waals surface area contributed by atoms with E-state index in [0.717, 1.165) is 17.7 Å². The molecule has 0 aromatic heterocycles. The van der Waals surface area contributed by atoms with Gasteiger partial charge in [-0.25, -0.2) is 0 Å². The van der Waals surface area contributed by atoms with E-state index in [1.165, 1.54) is 11.2 Å². The number of amides is 2. The molecule has 0 aliphatic carbocycles. The van der Waals surface area contributed by atoms with Gasteiger partial charge in [-0.2, -0.15) is 0 Å². The number of nitrogens with zero attached hydrogens (tertiary/aromatic N) is 1. The van der Waals surface area contributed by atoms with Crippen LogP contribution in [0.3, 0.4) is 0 Å². The molecule has 2 rings (SSSR count). The van der Waals surface area contributed by atoms with E-state index in [9.17, 15) is 9.59 Å². The highest BCUT2D eigenvalue weighted by atomic mass is 16.6. The third-order valence-electron chi connectivity index (χ3n) is 3.39. The van der Waals surface area contributed by atoms with Crippen LogP contribution in [0.4, 0.5) is 5.69 Å². The monoisotopic (exact) mass is 318 g/mol. The number of ether oxygens (including phenoxy) is 2. The Balaban J connectivity index is 2.01. The fourth-order valence-corrected chi connectivity index (χ4v) is 2.23. The molecule has 1 N–H and O–H groups in total. The first-order valence-electron chi connectivity index (χ1n) is 7.71. The SMILES string of the molecule is CCCN(CC(=O)Nc1ccccc1C)C(=O)C1=COCCO1. The Bertz CT molecular complexity index is 598. The van der Waals surface area contributed by atoms with Crippen LogP contribution in [-0.4, -0.2) is 43.0 Å². The lowest BCUT2D eigenvalue weighted by atomic mass is 10.2. The van der Waals surface area contributed by atoms with Gasteiger partial charge >= 0.3 is 0 Å². The second kappa shape index (κ2) is 8.22. The summed E-state index contributed by atoms with van der Waals surface area (Å²) in [6.45, 7) is 5.09. The molecule has 1 heterocycles. The maximum atomic E-state index is 12.4. The topological polar surface area (TPSA) is 67.9 Å². The van der Waals surface area contributed by atoms with Gasteiger partial charge in [0.1, 0.15) is 26.0 Å². The molecule has 0 saturated carbocycles. The van der Waals surface area contributed by atoms with Crippen molar-refractivity contribution < 1.29 is 19.1 Å². The van der Waals surface area contributed by atoms with E-state index in [-0.39, 0.29) is 24.1 Å². The number of aryl methyl sites for hydroxylation is 1. The molecule has 0 saturated heterocycles. The molecule has 2 amide bonds. The summed E-state index contributed by atoms with van der Waals surface area (Å²) in [5, 5.41) is 2.83. The molecule has 0 spiro atoms. The van der Waals surface area contributed by atoms with Gasteiger partial charge in [0.15, 0.2) is 0 Å². The minimum absolute atomic E-state index is 0.0261. The second-order valence-corrected chi connectivity index (χ2v) is 5.29. The minimum Gasteiger partial charge on any atom is -0.494 e. The van der Waals surface area contributed by atoms with Gasteiger partial charge in [-0.3, -0.25) is 9.59 Å². The Morgan fingerprint density at radius 1 is 1.26 bits per heavy atom. The van der Waals surface area contributed by atoms with Gasteiger partial charge in [0.25, 0.3) is 5.91 Å². The number of para-hydroxylation sites is 1. The lowest BCUT2D eigenvalue weighted by molar-refractivity contribution is -0.135. The summed E-state index contributed by atoms with van der Waals surface area (Å²) in [7, 11) is 0. The Morgan fingerprint density at radius 2 is 2.04 bits per heavy atom. The number of anilines is 1. The largest absolute Gasteiger partial charge is 0.494 e. The van der Waals surface area contributed by atoms with Crippen LogP contribution >= 0.6 is 0 Å². The number of carbonyl (C=O) groups excluding carboxylic acids is 2. The minimum atomic E-state index is -0.327. The zero-order valence-electron chi connectivity index (χ0n) is 13.5. The van der Waals surface area contributed by atoms with Crippen molar-refractivity contribution in [1.29, 1.82) is 0 Å². The predicted octanol–water partition coefficient (Wildman–Crippen LogP) is 2.06. The molecule has 1 aliphatic heterocycles. The van der Waals surface area contributed by atoms with Gasteiger partial charge in [-0.1, -0.05) is 25.1 Å². The zero-order valence-corrected chi connectivity index (χ0v) is 13.5. The third-order valence-corrected chi connectivity index (χ3v) is 3.39. The highest BCUT2D eigenvalue weighted by Gasteiger charge is 2.23. The summed E-state index contributed by atoms with van der Waals surface area (Å²) in [5.41, 5.74) is 1.72. The highest BCUT2D eigenvalue weighted by molar-refractivity contribution is 5.98. The lowest BCUT2D eigenvalue weighted by Gasteiger charge is -2.24. The van der Waals surface area contributed by atoms with E-state index in [0.29, 0.717) is 19.8 Å². The molecule has 1 aliphatic rings. The maximum absolute atomic E-state index is 12.4. The van der Waals surface area contributed by atoms with E-state index >= 15 is 0 Å². The van der Waals surface area contributed by atoms with Crippen molar-refractivity contribution in [2.45, 2.75) is 20.3 Å². The number of carbonyl (C=O) groups is 2. The molecule has 6 heteroatoms. The highest BCUT2D eigenvalue weighted by Crippen LogP contribution is 2.14. The van der Waals surface area contributed by atoms with Gasteiger partial charge in [0.2, 0.25) is 11.7 Å². The molecule has 0 radical (unpaired) electrons. The van der Waals surface area contributed by atoms with Crippen LogP contribution in [0, 0.1) is 6.92 Å². The van der Waals surface area contributed by atoms with Crippen molar-refractivity contribution in [3.05, 3.63) is 41.9 Å². The summed E-state index contributed by atoms with van der Waals surface area (Å²) in [6, 6.07) is 7.52. The van der Waals surface area contributed by atoms with Crippen LogP contribution in [-0.2, 0) is 19.1 Å². The standard InChI is InChI=1S/C17H22N2O4/c1-3-8-19(17(21)15-12-22-9-10-23-15)11-16(20)18-14-7-5-4-6-13(14)2/h4-7,12H,3,8-11H2,1-2H3,(H,18,20). The molecule has 0 fully saturated rings. The van der Waals surface area contributed by atoms with Crippen LogP contribution in [0.15, 0.2) is 36.3 Å². The second-order valence-electron chi connectivity index (χ2n) is 5.29. The summed E-state index contributed by atoms with van der Waals surface area (Å²) in [5.74, 6) is -0.418. The lowest BCUT2D eigenvalue weighted by Crippen LogP contribution is -2.40. The first kappa shape index (κ1) is 16.9. The molecule has 124 valence electrons. The third kappa shape index (κ3) is 4.74. The average molecular weight is 318 g/mol. The Kier molecular flexibility index (Phi) is 6.02. The van der Waals surface area contributed by atoms with Crippen LogP contribution in [0.2, 0.25) is 0 Å². The maximum Gasteiger partial charge on any atom is 0.292 e. The van der Waals surface area contributed by atoms with E-state index in [1.54, 1.807) is 0 Å². The van der Waals surface area contributed by atoms with Crippen LogP contribution in [0.25, 0.3) is 0 Å². The average Bonchev–Trinajstić information content (AvgIpc) is 2.57. The van der Waals surface area contributed by atoms with Crippen LogP contribution in [0.5, 0.6) is 0 Å². The predicted molar refractivity (Wildman–Crippen MR) is 86.7 cm³/mol. The molecule has 1 aromatic carbocycles. The smallest absolute Gasteiger partial charge is 0.292 e. The van der Waals surface area contributed by atoms with Crippen molar-refractivity contribution in [3.8, 4) is 0 Å². The Hall–Kier alpha value is -2.50. The van der Waals surface area contributed by atoms with Gasteiger partial charge in [-0.15, -0.1) is 0 Å². The van der Waals surface area contributed by atoms with Gasteiger partial charge in [0.05, 0.1) is 0 Å². The van der Waals surface area contributed by atoms with E-state index in [4.69, 9.17) is 9.47 Å². The fraction of sp³-hybridized carbons (Fsp3) is 0.412. The molecular weight excluding hydrogens is 296 g/mol. The van der Waals surface area contributed by atoms with Crippen LogP contribution < -0.4 is 5.32 Å². The van der Waals surface area contributed by atoms with E-state index in [1.807, 2.05) is 38.1 Å². The van der Waals surface area contributed by atoms with Gasteiger partial charge < -0.3 is 19.7 Å². The van der Waals surface area contributed by atoms with E-state index in [2.05, 4.69) is 5.32 Å². The first-order valence-corrected chi connectivity index (χ1v) is 7.71. The summed E-state index contributed by atoms with van der Waals surface area (Å²) >= 11 is 0. The number of rotatable bonds is 6. The first-order chi connectivity index (χ1) is 11.1. The van der Waals surface area contributed by atoms with Crippen LogP contribution in [0.1, 0.15) is 18.9 Å². The normalized spacial score (nSPS) is 13.4. The summed E-state index contributed by atoms with van der Waals surface area (Å²) < 4.78 is 10.4. The molecule has 0 unspecified atom stereocenters. The van der Waals surface area contributed by atoms with Gasteiger partial charge in [0, 0.05) is 12.2 Å². The Labute approximate surface area is 136 Å². The molecule has 1 aromatic rings. The number of hydrogen-bond donors (Lipinski definition) is 1. The quantitative estimate of drug-likeness (QED) is 0.872. The van der Waals surface area contributed by atoms with Crippen molar-refractivity contribution in [2.75, 3.05) is 31.6 Å². The number of nitrogens with one attached hydrogen (secondary N) is 1. The van der Waals surface area contributed by atoms with Crippen molar-refractivity contribution in [3.63, 3.8) is 0 Å². The van der Waals surface area contributed by atoms with E-state index < -0.39 is 0 Å². The molecule has 0 bridgehead atoms. The molecule has 6 nitrogen and oxygen atoms in total. The van der Waals surface area contributed by atoms with Crippen molar-refractivity contribution >= 4 is 17.5 Å². The summed E-state index contributed by atoms with van der Waals surface area (Å²) in [6.07, 6.45) is 2.06. The molecule has 23 heavy (non-hydrogen) atoms. The fourth-order valence-electron chi connectivity index (χ4n) is 2.23. The van der Waals surface area contributed by atoms with Crippen molar-refractivity contribution in [1.82, 2.24) is 4.90 Å². The Morgan fingerprint density at radius 3 is 2.70 bits per heavy atom.